The van der Waals surface area contributed by atoms with Crippen LogP contribution in [0.15, 0.2) is 72.8 Å². The summed E-state index contributed by atoms with van der Waals surface area (Å²) < 4.78 is 30.1. The largest absolute Gasteiger partial charge is 0.453 e. The van der Waals surface area contributed by atoms with Crippen LogP contribution in [-0.4, -0.2) is 72.7 Å². The van der Waals surface area contributed by atoms with E-state index in [0.717, 1.165) is 72.3 Å². The van der Waals surface area contributed by atoms with Gasteiger partial charge in [0.1, 0.15) is 0 Å². The molecule has 47 heavy (non-hydrogen) atoms. The van der Waals surface area contributed by atoms with E-state index in [1.165, 1.54) is 6.92 Å². The first-order chi connectivity index (χ1) is 22.8. The van der Waals surface area contributed by atoms with Crippen molar-refractivity contribution in [1.82, 2.24) is 10.2 Å². The highest BCUT2D eigenvalue weighted by Crippen LogP contribution is 2.39. The molecule has 0 radical (unpaired) electrons. The summed E-state index contributed by atoms with van der Waals surface area (Å²) in [5, 5.41) is 12.4. The van der Waals surface area contributed by atoms with Gasteiger partial charge < -0.3 is 39.0 Å². The molecule has 1 spiro atoms. The van der Waals surface area contributed by atoms with E-state index >= 15 is 0 Å². The molecule has 0 bridgehead atoms. The predicted octanol–water partition coefficient (Wildman–Crippen LogP) is 4.80. The molecule has 6 rings (SSSR count). The van der Waals surface area contributed by atoms with Crippen molar-refractivity contribution in [3.8, 4) is 11.1 Å². The Kier molecular flexibility index (Phi) is 10.7. The van der Waals surface area contributed by atoms with Crippen molar-refractivity contribution < 1.29 is 38.4 Å². The van der Waals surface area contributed by atoms with E-state index in [9.17, 15) is 14.7 Å². The van der Waals surface area contributed by atoms with E-state index in [1.807, 2.05) is 72.8 Å². The van der Waals surface area contributed by atoms with Crippen LogP contribution in [0.2, 0.25) is 0 Å². The summed E-state index contributed by atoms with van der Waals surface area (Å²) in [5.74, 6) is -1.26. The van der Waals surface area contributed by atoms with Crippen LogP contribution in [0.3, 0.4) is 0 Å². The maximum absolute atomic E-state index is 12.5. The first kappa shape index (κ1) is 33.3. The Morgan fingerprint density at radius 1 is 0.957 bits per heavy atom. The minimum Gasteiger partial charge on any atom is -0.453 e. The summed E-state index contributed by atoms with van der Waals surface area (Å²) in [5.41, 5.74) is 5.76. The number of amides is 1. The smallest absolute Gasteiger partial charge is 0.303 e. The van der Waals surface area contributed by atoms with Gasteiger partial charge in [-0.3, -0.25) is 9.59 Å². The summed E-state index contributed by atoms with van der Waals surface area (Å²) in [4.78, 5) is 26.1. The fraction of sp³-hybridized carbons (Fsp3) is 0.459. The van der Waals surface area contributed by atoms with Crippen LogP contribution in [0.25, 0.3) is 11.1 Å². The van der Waals surface area contributed by atoms with Crippen molar-refractivity contribution in [1.29, 1.82) is 0 Å². The lowest BCUT2D eigenvalue weighted by molar-refractivity contribution is -0.255. The average Bonchev–Trinajstić information content (AvgIpc) is 3.56. The SMILES string of the molecule is CC(=O)O[C@@H](C)C(=O)NCc1ccccc1-c1ccc([C@H]2O[C@@H](CN3CCC4(CC3)OCCO4)C[C@@H](c3ccc(CO)cc3)O2)cc1. The zero-order chi connectivity index (χ0) is 32.8. The number of likely N-dealkylation sites (tertiary alicyclic amines) is 1. The van der Waals surface area contributed by atoms with Crippen LogP contribution in [0, 0.1) is 0 Å². The Morgan fingerprint density at radius 3 is 2.32 bits per heavy atom. The summed E-state index contributed by atoms with van der Waals surface area (Å²) in [6.45, 7) is 7.03. The van der Waals surface area contributed by atoms with E-state index < -0.39 is 24.2 Å². The van der Waals surface area contributed by atoms with Crippen LogP contribution in [0.5, 0.6) is 0 Å². The Morgan fingerprint density at radius 2 is 1.64 bits per heavy atom. The number of benzene rings is 3. The van der Waals surface area contributed by atoms with E-state index in [1.54, 1.807) is 6.92 Å². The third-order valence-corrected chi connectivity index (χ3v) is 9.18. The number of ether oxygens (including phenoxy) is 5. The molecule has 10 heteroatoms. The summed E-state index contributed by atoms with van der Waals surface area (Å²) in [7, 11) is 0. The zero-order valence-corrected chi connectivity index (χ0v) is 27.1. The summed E-state index contributed by atoms with van der Waals surface area (Å²) in [6.07, 6.45) is 0.790. The molecule has 1 amide bonds. The number of hydrogen-bond acceptors (Lipinski definition) is 9. The summed E-state index contributed by atoms with van der Waals surface area (Å²) in [6, 6.07) is 24.0. The highest BCUT2D eigenvalue weighted by molar-refractivity contribution is 5.83. The molecule has 3 saturated heterocycles. The summed E-state index contributed by atoms with van der Waals surface area (Å²) >= 11 is 0. The van der Waals surface area contributed by atoms with Gasteiger partial charge in [0.2, 0.25) is 0 Å². The number of carbonyl (C=O) groups is 2. The maximum atomic E-state index is 12.5. The topological polar surface area (TPSA) is 116 Å². The number of nitrogens with one attached hydrogen (secondary N) is 1. The van der Waals surface area contributed by atoms with Crippen LogP contribution in [0.4, 0.5) is 0 Å². The van der Waals surface area contributed by atoms with Gasteiger partial charge in [-0.05, 0) is 34.7 Å². The Balaban J connectivity index is 1.16. The minimum absolute atomic E-state index is 0.000699. The van der Waals surface area contributed by atoms with Crippen LogP contribution in [0.1, 0.15) is 67.8 Å². The minimum atomic E-state index is -0.864. The van der Waals surface area contributed by atoms with Crippen LogP contribution < -0.4 is 5.32 Å². The van der Waals surface area contributed by atoms with Gasteiger partial charge in [-0.25, -0.2) is 0 Å². The maximum Gasteiger partial charge on any atom is 0.303 e. The molecule has 250 valence electrons. The molecule has 3 aromatic rings. The highest BCUT2D eigenvalue weighted by atomic mass is 16.7. The van der Waals surface area contributed by atoms with E-state index in [2.05, 4.69) is 10.2 Å². The normalized spacial score (nSPS) is 23.3. The van der Waals surface area contributed by atoms with E-state index in [0.29, 0.717) is 19.8 Å². The number of rotatable bonds is 10. The number of esters is 1. The number of aliphatic hydroxyl groups excluding tert-OH is 1. The third-order valence-electron chi connectivity index (χ3n) is 9.18. The standard InChI is InChI=1S/C37H44N2O8/c1-25(45-26(2)41)35(42)38-22-31-5-3-4-6-33(31)28-11-13-30(14-12-28)36-46-32(21-34(47-36)29-9-7-27(24-40)8-10-29)23-39-17-15-37(16-18-39)43-19-20-44-37/h3-14,25,32,34,36,40H,15-24H2,1-2H3,(H,38,42)/t25-,32+,34-,36-/m0/s1. The third kappa shape index (κ3) is 8.27. The molecule has 3 fully saturated rings. The quantitative estimate of drug-likeness (QED) is 0.301. The van der Waals surface area contributed by atoms with Gasteiger partial charge >= 0.3 is 5.97 Å². The first-order valence-corrected chi connectivity index (χ1v) is 16.4. The second-order valence-corrected chi connectivity index (χ2v) is 12.5. The fourth-order valence-corrected chi connectivity index (χ4v) is 6.59. The van der Waals surface area contributed by atoms with Gasteiger partial charge in [-0.2, -0.15) is 0 Å². The predicted molar refractivity (Wildman–Crippen MR) is 174 cm³/mol. The Hall–Kier alpha value is -3.64. The second-order valence-electron chi connectivity index (χ2n) is 12.5. The molecule has 3 aromatic carbocycles. The van der Waals surface area contributed by atoms with Crippen LogP contribution in [-0.2, 0) is 46.4 Å². The lowest BCUT2D eigenvalue weighted by Gasteiger charge is -2.41. The van der Waals surface area contributed by atoms with Crippen molar-refractivity contribution >= 4 is 11.9 Å². The van der Waals surface area contributed by atoms with Crippen LogP contribution >= 0.6 is 0 Å². The molecule has 2 N–H and O–H groups in total. The van der Waals surface area contributed by atoms with Gasteiger partial charge in [-0.1, -0.05) is 72.8 Å². The fourth-order valence-electron chi connectivity index (χ4n) is 6.59. The number of carbonyl (C=O) groups excluding carboxylic acids is 2. The molecular formula is C37H44N2O8. The lowest BCUT2D eigenvalue weighted by atomic mass is 9.97. The van der Waals surface area contributed by atoms with Gasteiger partial charge in [0.15, 0.2) is 18.2 Å². The first-order valence-electron chi connectivity index (χ1n) is 16.4. The van der Waals surface area contributed by atoms with Gasteiger partial charge in [0, 0.05) is 57.9 Å². The van der Waals surface area contributed by atoms with Crippen molar-refractivity contribution in [2.24, 2.45) is 0 Å². The molecule has 0 unspecified atom stereocenters. The molecule has 4 atom stereocenters. The van der Waals surface area contributed by atoms with Gasteiger partial charge in [0.25, 0.3) is 5.91 Å². The van der Waals surface area contributed by atoms with Crippen molar-refractivity contribution in [3.63, 3.8) is 0 Å². The highest BCUT2D eigenvalue weighted by Gasteiger charge is 2.41. The molecular weight excluding hydrogens is 600 g/mol. The molecule has 0 aromatic heterocycles. The van der Waals surface area contributed by atoms with Gasteiger partial charge in [-0.15, -0.1) is 0 Å². The number of nitrogens with zero attached hydrogens (tertiary/aromatic N) is 1. The lowest BCUT2D eigenvalue weighted by Crippen LogP contribution is -2.48. The molecule has 3 aliphatic heterocycles. The van der Waals surface area contributed by atoms with Crippen molar-refractivity contribution in [3.05, 3.63) is 95.1 Å². The Bertz CT molecular complexity index is 1500. The Labute approximate surface area is 275 Å². The zero-order valence-electron chi connectivity index (χ0n) is 27.1. The molecule has 3 heterocycles. The second kappa shape index (κ2) is 15.1. The van der Waals surface area contributed by atoms with Crippen molar-refractivity contribution in [2.75, 3.05) is 32.8 Å². The average molecular weight is 645 g/mol. The number of piperidine rings is 1. The number of aliphatic hydroxyl groups is 1. The molecule has 0 saturated carbocycles. The monoisotopic (exact) mass is 644 g/mol. The molecule has 0 aliphatic carbocycles. The van der Waals surface area contributed by atoms with E-state index in [4.69, 9.17) is 23.7 Å². The van der Waals surface area contributed by atoms with Crippen molar-refractivity contribution in [2.45, 2.75) is 76.7 Å². The number of hydrogen-bond donors (Lipinski definition) is 2. The molecule has 10 nitrogen and oxygen atoms in total. The van der Waals surface area contributed by atoms with Gasteiger partial charge in [0.05, 0.1) is 32.0 Å². The van der Waals surface area contributed by atoms with E-state index in [-0.39, 0.29) is 24.7 Å². The molecule has 3 aliphatic rings.